The van der Waals surface area contributed by atoms with E-state index in [2.05, 4.69) is 16.0 Å². The second kappa shape index (κ2) is 5.51. The van der Waals surface area contributed by atoms with E-state index >= 15 is 0 Å². The van der Waals surface area contributed by atoms with Gasteiger partial charge < -0.3 is 9.72 Å². The fraction of sp³-hybridized carbons (Fsp3) is 0.0588. The summed E-state index contributed by atoms with van der Waals surface area (Å²) >= 11 is 0. The molecule has 1 aromatic heterocycles. The normalized spacial score (nSPS) is 11.3. The van der Waals surface area contributed by atoms with Crippen LogP contribution < -0.4 is 4.74 Å². The third kappa shape index (κ3) is 2.49. The third-order valence-electron chi connectivity index (χ3n) is 3.20. The average molecular weight is 275 g/mol. The molecule has 3 aromatic rings. The van der Waals surface area contributed by atoms with Gasteiger partial charge in [0.05, 0.1) is 23.7 Å². The van der Waals surface area contributed by atoms with Gasteiger partial charge in [0.2, 0.25) is 0 Å². The molecule has 0 aliphatic carbocycles. The molecule has 0 fully saturated rings. The number of fused-ring (bicyclic) bond motifs is 1. The molecule has 0 aliphatic rings. The fourth-order valence-corrected chi connectivity index (χ4v) is 2.18. The van der Waals surface area contributed by atoms with Gasteiger partial charge in [-0.15, -0.1) is 0 Å². The molecule has 0 unspecified atom stereocenters. The van der Waals surface area contributed by atoms with Crippen LogP contribution in [0.3, 0.4) is 0 Å². The molecule has 4 nitrogen and oxygen atoms in total. The van der Waals surface area contributed by atoms with Crippen LogP contribution in [0, 0.1) is 11.3 Å². The van der Waals surface area contributed by atoms with E-state index in [0.29, 0.717) is 11.4 Å². The van der Waals surface area contributed by atoms with E-state index in [1.807, 2.05) is 48.5 Å². The lowest BCUT2D eigenvalue weighted by Crippen LogP contribution is -1.89. The number of nitrogens with one attached hydrogen (secondary N) is 1. The summed E-state index contributed by atoms with van der Waals surface area (Å²) in [5, 5.41) is 9.41. The summed E-state index contributed by atoms with van der Waals surface area (Å²) in [7, 11) is 1.61. The molecular formula is C17H13N3O. The van der Waals surface area contributed by atoms with Crippen LogP contribution in [0.2, 0.25) is 0 Å². The number of nitrogens with zero attached hydrogens (tertiary/aromatic N) is 2. The SMILES string of the molecule is COc1ccccc1C=C(C#N)c1nc2ccccc2[nH]1. The highest BCUT2D eigenvalue weighted by Crippen LogP contribution is 2.24. The average Bonchev–Trinajstić information content (AvgIpc) is 2.96. The van der Waals surface area contributed by atoms with Gasteiger partial charge >= 0.3 is 0 Å². The quantitative estimate of drug-likeness (QED) is 0.742. The van der Waals surface area contributed by atoms with Crippen LogP contribution in [-0.2, 0) is 0 Å². The molecule has 0 radical (unpaired) electrons. The lowest BCUT2D eigenvalue weighted by Gasteiger charge is -2.03. The summed E-state index contributed by atoms with van der Waals surface area (Å²) in [6.45, 7) is 0. The molecule has 0 amide bonds. The van der Waals surface area contributed by atoms with Crippen LogP contribution in [0.1, 0.15) is 11.4 Å². The van der Waals surface area contributed by atoms with Gasteiger partial charge in [-0.25, -0.2) is 4.98 Å². The number of methoxy groups -OCH3 is 1. The Morgan fingerprint density at radius 3 is 2.71 bits per heavy atom. The van der Waals surface area contributed by atoms with Gasteiger partial charge in [-0.3, -0.25) is 0 Å². The minimum atomic E-state index is 0.468. The van der Waals surface area contributed by atoms with Gasteiger partial charge in [-0.2, -0.15) is 5.26 Å². The van der Waals surface area contributed by atoms with Crippen molar-refractivity contribution < 1.29 is 4.74 Å². The summed E-state index contributed by atoms with van der Waals surface area (Å²) in [6, 6.07) is 17.4. The van der Waals surface area contributed by atoms with Gasteiger partial charge in [0.25, 0.3) is 0 Å². The molecule has 0 atom stereocenters. The summed E-state index contributed by atoms with van der Waals surface area (Å²) < 4.78 is 5.30. The number of rotatable bonds is 3. The Hall–Kier alpha value is -3.06. The zero-order valence-corrected chi connectivity index (χ0v) is 11.5. The topological polar surface area (TPSA) is 61.7 Å². The number of allylic oxidation sites excluding steroid dienone is 1. The van der Waals surface area contributed by atoms with Crippen molar-refractivity contribution in [3.8, 4) is 11.8 Å². The van der Waals surface area contributed by atoms with E-state index in [4.69, 9.17) is 4.74 Å². The first-order valence-electron chi connectivity index (χ1n) is 6.52. The third-order valence-corrected chi connectivity index (χ3v) is 3.20. The van der Waals surface area contributed by atoms with E-state index in [1.165, 1.54) is 0 Å². The minimum Gasteiger partial charge on any atom is -0.496 e. The molecule has 1 heterocycles. The van der Waals surface area contributed by atoms with Crippen molar-refractivity contribution in [3.63, 3.8) is 0 Å². The number of ether oxygens (including phenoxy) is 1. The molecule has 0 saturated carbocycles. The van der Waals surface area contributed by atoms with Crippen LogP contribution in [0.4, 0.5) is 0 Å². The first-order chi connectivity index (χ1) is 10.3. The predicted octanol–water partition coefficient (Wildman–Crippen LogP) is 3.64. The highest BCUT2D eigenvalue weighted by atomic mass is 16.5. The number of aromatic nitrogens is 2. The van der Waals surface area contributed by atoms with Gasteiger partial charge in [0.15, 0.2) is 0 Å². The highest BCUT2D eigenvalue weighted by molar-refractivity contribution is 5.91. The maximum atomic E-state index is 9.41. The molecule has 0 bridgehead atoms. The van der Waals surface area contributed by atoms with E-state index < -0.39 is 0 Å². The number of nitriles is 1. The smallest absolute Gasteiger partial charge is 0.149 e. The van der Waals surface area contributed by atoms with Gasteiger partial charge in [0.1, 0.15) is 17.6 Å². The van der Waals surface area contributed by atoms with Crippen LogP contribution >= 0.6 is 0 Å². The minimum absolute atomic E-state index is 0.468. The Morgan fingerprint density at radius 2 is 1.95 bits per heavy atom. The summed E-state index contributed by atoms with van der Waals surface area (Å²) in [5.74, 6) is 1.28. The van der Waals surface area contributed by atoms with Crippen molar-refractivity contribution in [2.75, 3.05) is 7.11 Å². The summed E-state index contributed by atoms with van der Waals surface area (Å²) in [6.07, 6.45) is 1.77. The highest BCUT2D eigenvalue weighted by Gasteiger charge is 2.09. The maximum Gasteiger partial charge on any atom is 0.149 e. The second-order valence-electron chi connectivity index (χ2n) is 4.51. The summed E-state index contributed by atoms with van der Waals surface area (Å²) in [4.78, 5) is 7.61. The molecular weight excluding hydrogens is 262 g/mol. The molecule has 4 heteroatoms. The van der Waals surface area contributed by atoms with Crippen molar-refractivity contribution in [2.45, 2.75) is 0 Å². The van der Waals surface area contributed by atoms with Crippen LogP contribution in [0.25, 0.3) is 22.7 Å². The van der Waals surface area contributed by atoms with Crippen LogP contribution in [-0.4, -0.2) is 17.1 Å². The largest absolute Gasteiger partial charge is 0.496 e. The van der Waals surface area contributed by atoms with Crippen molar-refractivity contribution in [1.29, 1.82) is 5.26 Å². The number of hydrogen-bond donors (Lipinski definition) is 1. The Bertz CT molecular complexity index is 823. The maximum absolute atomic E-state index is 9.41. The van der Waals surface area contributed by atoms with Crippen molar-refractivity contribution in [3.05, 3.63) is 59.9 Å². The Labute approximate surface area is 122 Å². The summed E-state index contributed by atoms with van der Waals surface area (Å²) in [5.41, 5.74) is 3.06. The van der Waals surface area contributed by atoms with Gasteiger partial charge in [-0.1, -0.05) is 30.3 Å². The van der Waals surface area contributed by atoms with E-state index in [1.54, 1.807) is 13.2 Å². The van der Waals surface area contributed by atoms with Gasteiger partial charge in [0, 0.05) is 5.56 Å². The number of H-pyrrole nitrogens is 1. The standard InChI is InChI=1S/C17H13N3O/c1-21-16-9-5-2-6-12(16)10-13(11-18)17-19-14-7-3-4-8-15(14)20-17/h2-10H,1H3,(H,19,20). The lowest BCUT2D eigenvalue weighted by atomic mass is 10.1. The predicted molar refractivity (Wildman–Crippen MR) is 82.6 cm³/mol. The molecule has 1 N–H and O–H groups in total. The molecule has 0 saturated heterocycles. The monoisotopic (exact) mass is 275 g/mol. The van der Waals surface area contributed by atoms with Crippen LogP contribution in [0.5, 0.6) is 5.75 Å². The molecule has 2 aromatic carbocycles. The number of benzene rings is 2. The Balaban J connectivity index is 2.09. The molecule has 3 rings (SSSR count). The number of hydrogen-bond acceptors (Lipinski definition) is 3. The van der Waals surface area contributed by atoms with Crippen LogP contribution in [0.15, 0.2) is 48.5 Å². The van der Waals surface area contributed by atoms with Crippen molar-refractivity contribution >= 4 is 22.7 Å². The molecule has 102 valence electrons. The Morgan fingerprint density at radius 1 is 1.19 bits per heavy atom. The van der Waals surface area contributed by atoms with Crippen molar-refractivity contribution in [1.82, 2.24) is 9.97 Å². The van der Waals surface area contributed by atoms with E-state index in [0.717, 1.165) is 22.3 Å². The number of imidazole rings is 1. The van der Waals surface area contributed by atoms with Crippen molar-refractivity contribution in [2.24, 2.45) is 0 Å². The van der Waals surface area contributed by atoms with E-state index in [-0.39, 0.29) is 0 Å². The molecule has 21 heavy (non-hydrogen) atoms. The number of para-hydroxylation sites is 3. The zero-order valence-electron chi connectivity index (χ0n) is 11.5. The zero-order chi connectivity index (χ0) is 14.7. The molecule has 0 spiro atoms. The van der Waals surface area contributed by atoms with Gasteiger partial charge in [-0.05, 0) is 24.3 Å². The molecule has 0 aliphatic heterocycles. The van der Waals surface area contributed by atoms with E-state index in [9.17, 15) is 5.26 Å². The lowest BCUT2D eigenvalue weighted by molar-refractivity contribution is 0.414. The first-order valence-corrected chi connectivity index (χ1v) is 6.52. The fourth-order valence-electron chi connectivity index (χ4n) is 2.18. The Kier molecular flexibility index (Phi) is 3.40. The number of aromatic amines is 1. The second-order valence-corrected chi connectivity index (χ2v) is 4.51. The first kappa shape index (κ1) is 12.9.